The highest BCUT2D eigenvalue weighted by Crippen LogP contribution is 2.31. The van der Waals surface area contributed by atoms with E-state index in [1.807, 2.05) is 11.8 Å². The summed E-state index contributed by atoms with van der Waals surface area (Å²) in [6.07, 6.45) is 7.01. The molecule has 3 fully saturated rings. The van der Waals surface area contributed by atoms with Crippen LogP contribution in [0.4, 0.5) is 0 Å². The second-order valence-corrected chi connectivity index (χ2v) is 11.2. The maximum atomic E-state index is 11.7. The van der Waals surface area contributed by atoms with Crippen molar-refractivity contribution in [2.75, 3.05) is 25.2 Å². The molecule has 1 aliphatic carbocycles. The lowest BCUT2D eigenvalue weighted by Gasteiger charge is -2.42. The topological polar surface area (TPSA) is 93.5 Å². The zero-order valence-electron chi connectivity index (χ0n) is 14.4. The largest absolute Gasteiger partial charge is 0.359 e. The van der Waals surface area contributed by atoms with Crippen molar-refractivity contribution in [3.8, 4) is 0 Å². The molecular formula is C16H31N3O3S2. The number of piperazine rings is 1. The Kier molecular flexibility index (Phi) is 6.48. The molecule has 1 saturated carbocycles. The molecule has 0 aromatic heterocycles. The summed E-state index contributed by atoms with van der Waals surface area (Å²) in [6.45, 7) is 1.58. The number of hydrogen-bond donors (Lipinski definition) is 3. The van der Waals surface area contributed by atoms with Gasteiger partial charge in [-0.25, -0.2) is 8.42 Å². The third-order valence-electron chi connectivity index (χ3n) is 5.66. The number of nitrogens with one attached hydrogen (secondary N) is 2. The predicted octanol–water partition coefficient (Wildman–Crippen LogP) is 0.674. The van der Waals surface area contributed by atoms with Crippen LogP contribution in [0, 0.1) is 5.92 Å². The summed E-state index contributed by atoms with van der Waals surface area (Å²) in [5, 5.41) is 7.39. The van der Waals surface area contributed by atoms with Crippen LogP contribution in [0.15, 0.2) is 0 Å². The lowest BCUT2D eigenvalue weighted by molar-refractivity contribution is -0.0268. The zero-order chi connectivity index (χ0) is 17.2. The van der Waals surface area contributed by atoms with Crippen molar-refractivity contribution in [3.63, 3.8) is 0 Å². The molecule has 0 aromatic carbocycles. The summed E-state index contributed by atoms with van der Waals surface area (Å²) >= 11 is 1.99. The van der Waals surface area contributed by atoms with Gasteiger partial charge in [0, 0.05) is 24.1 Å². The van der Waals surface area contributed by atoms with Gasteiger partial charge in [0.25, 0.3) is 0 Å². The van der Waals surface area contributed by atoms with Crippen LogP contribution in [0.3, 0.4) is 0 Å². The molecule has 4 unspecified atom stereocenters. The Bertz CT molecular complexity index is 503. The van der Waals surface area contributed by atoms with Gasteiger partial charge >= 0.3 is 0 Å². The highest BCUT2D eigenvalue weighted by atomic mass is 32.2. The number of ether oxygens (including phenoxy) is 1. The van der Waals surface area contributed by atoms with E-state index in [0.717, 1.165) is 38.8 Å². The second-order valence-electron chi connectivity index (χ2n) is 7.46. The number of thioether (sulfide) groups is 1. The van der Waals surface area contributed by atoms with Gasteiger partial charge in [-0.15, -0.1) is 0 Å². The SMILES string of the molecule is CS(=O)(=O)C1CCC(C2CNC(N)C(OCC3CCCS3)N2)CC1. The summed E-state index contributed by atoms with van der Waals surface area (Å²) in [5.74, 6) is 1.73. The molecular weight excluding hydrogens is 346 g/mol. The first-order valence-corrected chi connectivity index (χ1v) is 12.1. The molecule has 0 bridgehead atoms. The van der Waals surface area contributed by atoms with E-state index in [1.54, 1.807) is 0 Å². The Labute approximate surface area is 149 Å². The molecule has 0 radical (unpaired) electrons. The fourth-order valence-electron chi connectivity index (χ4n) is 4.10. The summed E-state index contributed by atoms with van der Waals surface area (Å²) in [5.41, 5.74) is 6.15. The number of rotatable bonds is 5. The first kappa shape index (κ1) is 18.9. The Hall–Kier alpha value is 0.140. The zero-order valence-corrected chi connectivity index (χ0v) is 16.1. The molecule has 0 spiro atoms. The number of hydrogen-bond acceptors (Lipinski definition) is 7. The third-order valence-corrected chi connectivity index (χ3v) is 8.71. The molecule has 24 heavy (non-hydrogen) atoms. The Morgan fingerprint density at radius 1 is 1.21 bits per heavy atom. The van der Waals surface area contributed by atoms with Crippen molar-refractivity contribution in [2.45, 2.75) is 67.5 Å². The third kappa shape index (κ3) is 4.86. The monoisotopic (exact) mass is 377 g/mol. The van der Waals surface area contributed by atoms with E-state index in [-0.39, 0.29) is 17.6 Å². The first-order chi connectivity index (χ1) is 11.4. The highest BCUT2D eigenvalue weighted by molar-refractivity contribution is 8.00. The lowest BCUT2D eigenvalue weighted by atomic mass is 9.83. The van der Waals surface area contributed by atoms with Crippen molar-refractivity contribution in [3.05, 3.63) is 0 Å². The van der Waals surface area contributed by atoms with Crippen LogP contribution < -0.4 is 16.4 Å². The smallest absolute Gasteiger partial charge is 0.150 e. The summed E-state index contributed by atoms with van der Waals surface area (Å²) in [6, 6.07) is 0.312. The quantitative estimate of drug-likeness (QED) is 0.648. The van der Waals surface area contributed by atoms with E-state index in [2.05, 4.69) is 10.6 Å². The maximum Gasteiger partial charge on any atom is 0.150 e. The Balaban J connectivity index is 1.48. The molecule has 140 valence electrons. The standard InChI is InChI=1S/C16H31N3O3S2/c1-24(20,21)13-6-4-11(5-7-13)14-9-18-15(17)16(19-14)22-10-12-3-2-8-23-12/h11-16,18-19H,2-10,17H2,1H3. The van der Waals surface area contributed by atoms with Gasteiger partial charge < -0.3 is 10.5 Å². The fourth-order valence-corrected chi connectivity index (χ4v) is 6.41. The van der Waals surface area contributed by atoms with Crippen molar-refractivity contribution in [1.29, 1.82) is 0 Å². The van der Waals surface area contributed by atoms with Crippen LogP contribution in [0.5, 0.6) is 0 Å². The fraction of sp³-hybridized carbons (Fsp3) is 1.00. The average molecular weight is 378 g/mol. The molecule has 3 rings (SSSR count). The van der Waals surface area contributed by atoms with Gasteiger partial charge in [-0.2, -0.15) is 11.8 Å². The van der Waals surface area contributed by atoms with E-state index < -0.39 is 9.84 Å². The minimum absolute atomic E-state index is 0.154. The summed E-state index contributed by atoms with van der Waals surface area (Å²) < 4.78 is 29.5. The predicted molar refractivity (Wildman–Crippen MR) is 98.7 cm³/mol. The van der Waals surface area contributed by atoms with Gasteiger partial charge in [0.2, 0.25) is 0 Å². The molecule has 2 aliphatic heterocycles. The van der Waals surface area contributed by atoms with Crippen LogP contribution in [0.2, 0.25) is 0 Å². The van der Waals surface area contributed by atoms with Crippen LogP contribution in [-0.2, 0) is 14.6 Å². The first-order valence-electron chi connectivity index (χ1n) is 9.10. The van der Waals surface area contributed by atoms with Crippen LogP contribution in [0.25, 0.3) is 0 Å². The maximum absolute atomic E-state index is 11.7. The van der Waals surface area contributed by atoms with E-state index in [9.17, 15) is 8.42 Å². The Morgan fingerprint density at radius 3 is 2.58 bits per heavy atom. The number of sulfone groups is 1. The van der Waals surface area contributed by atoms with Crippen molar-refractivity contribution in [1.82, 2.24) is 10.6 Å². The van der Waals surface area contributed by atoms with E-state index in [0.29, 0.717) is 17.2 Å². The van der Waals surface area contributed by atoms with E-state index in [1.165, 1.54) is 24.9 Å². The van der Waals surface area contributed by atoms with E-state index in [4.69, 9.17) is 10.5 Å². The van der Waals surface area contributed by atoms with Crippen molar-refractivity contribution >= 4 is 21.6 Å². The van der Waals surface area contributed by atoms with Gasteiger partial charge in [0.05, 0.1) is 18.0 Å². The Morgan fingerprint density at radius 2 is 1.96 bits per heavy atom. The van der Waals surface area contributed by atoms with Crippen molar-refractivity contribution in [2.24, 2.45) is 11.7 Å². The second kappa shape index (κ2) is 8.22. The van der Waals surface area contributed by atoms with Gasteiger partial charge in [-0.05, 0) is 50.2 Å². The summed E-state index contributed by atoms with van der Waals surface area (Å²) in [4.78, 5) is 0. The van der Waals surface area contributed by atoms with Crippen LogP contribution in [-0.4, -0.2) is 62.5 Å². The minimum Gasteiger partial charge on any atom is -0.359 e. The lowest BCUT2D eigenvalue weighted by Crippen LogP contribution is -2.67. The average Bonchev–Trinajstić information content (AvgIpc) is 3.07. The molecule has 4 N–H and O–H groups in total. The molecule has 8 heteroatoms. The molecule has 0 amide bonds. The van der Waals surface area contributed by atoms with Gasteiger partial charge in [0.15, 0.2) is 0 Å². The van der Waals surface area contributed by atoms with Crippen LogP contribution in [0.1, 0.15) is 38.5 Å². The molecule has 2 saturated heterocycles. The summed E-state index contributed by atoms with van der Waals surface area (Å²) in [7, 11) is -2.90. The minimum atomic E-state index is -2.90. The molecule has 6 nitrogen and oxygen atoms in total. The van der Waals surface area contributed by atoms with Gasteiger partial charge in [-0.3, -0.25) is 10.6 Å². The molecule has 2 heterocycles. The van der Waals surface area contributed by atoms with Crippen LogP contribution >= 0.6 is 11.8 Å². The molecule has 4 atom stereocenters. The highest BCUT2D eigenvalue weighted by Gasteiger charge is 2.36. The number of nitrogens with two attached hydrogens (primary N) is 1. The normalized spacial score (nSPS) is 41.4. The van der Waals surface area contributed by atoms with Gasteiger partial charge in [-0.1, -0.05) is 0 Å². The van der Waals surface area contributed by atoms with Crippen molar-refractivity contribution < 1.29 is 13.2 Å². The van der Waals surface area contributed by atoms with E-state index >= 15 is 0 Å². The molecule has 0 aromatic rings. The van der Waals surface area contributed by atoms with Gasteiger partial charge in [0.1, 0.15) is 16.1 Å². The molecule has 3 aliphatic rings.